The van der Waals surface area contributed by atoms with Crippen molar-refractivity contribution in [3.8, 4) is 0 Å². The molecule has 1 saturated heterocycles. The van der Waals surface area contributed by atoms with Crippen LogP contribution >= 0.6 is 0 Å². The molecule has 2 heterocycles. The Balaban J connectivity index is 1.88. The third-order valence-electron chi connectivity index (χ3n) is 4.83. The van der Waals surface area contributed by atoms with Crippen molar-refractivity contribution in [2.45, 2.75) is 76.2 Å². The highest BCUT2D eigenvalue weighted by Gasteiger charge is 2.34. The summed E-state index contributed by atoms with van der Waals surface area (Å²) >= 11 is 0. The molecule has 0 radical (unpaired) electrons. The van der Waals surface area contributed by atoms with Gasteiger partial charge in [-0.25, -0.2) is 4.98 Å². The van der Waals surface area contributed by atoms with Gasteiger partial charge >= 0.3 is 0 Å². The van der Waals surface area contributed by atoms with E-state index >= 15 is 0 Å². The first-order valence-electron chi connectivity index (χ1n) is 8.33. The van der Waals surface area contributed by atoms with Gasteiger partial charge in [0.05, 0.1) is 0 Å². The minimum absolute atomic E-state index is 0.342. The minimum atomic E-state index is -0.394. The molecule has 1 aromatic heterocycles. The highest BCUT2D eigenvalue weighted by atomic mass is 16.5. The molecule has 3 rings (SSSR count). The predicted octanol–water partition coefficient (Wildman–Crippen LogP) is 3.31. The van der Waals surface area contributed by atoms with Crippen molar-refractivity contribution in [2.24, 2.45) is 0 Å². The molecule has 0 amide bonds. The molecule has 0 bridgehead atoms. The Morgan fingerprint density at radius 1 is 1.00 bits per heavy atom. The second-order valence-electron chi connectivity index (χ2n) is 6.60. The summed E-state index contributed by atoms with van der Waals surface area (Å²) in [6, 6.07) is 0. The van der Waals surface area contributed by atoms with Gasteiger partial charge in [0.2, 0.25) is 5.95 Å². The van der Waals surface area contributed by atoms with Gasteiger partial charge in [0.1, 0.15) is 11.4 Å². The van der Waals surface area contributed by atoms with Crippen molar-refractivity contribution in [2.75, 3.05) is 12.3 Å². The van der Waals surface area contributed by atoms with Crippen LogP contribution in [-0.4, -0.2) is 21.6 Å². The number of nitrogens with zero attached hydrogens (tertiary/aromatic N) is 3. The van der Waals surface area contributed by atoms with Crippen LogP contribution in [0.1, 0.15) is 82.3 Å². The highest BCUT2D eigenvalue weighted by Crippen LogP contribution is 2.35. The summed E-state index contributed by atoms with van der Waals surface area (Å²) < 4.78 is 5.97. The van der Waals surface area contributed by atoms with E-state index < -0.39 is 5.60 Å². The van der Waals surface area contributed by atoms with Gasteiger partial charge in [0.15, 0.2) is 5.82 Å². The number of nitrogen functional groups attached to an aromatic ring is 1. The number of ether oxygens (including phenoxy) is 1. The van der Waals surface area contributed by atoms with Crippen molar-refractivity contribution in [3.63, 3.8) is 0 Å². The van der Waals surface area contributed by atoms with Crippen LogP contribution in [0.25, 0.3) is 0 Å². The molecule has 1 aliphatic heterocycles. The molecule has 1 aromatic rings. The summed E-state index contributed by atoms with van der Waals surface area (Å²) in [6.07, 6.45) is 10.7. The van der Waals surface area contributed by atoms with Crippen LogP contribution in [0.3, 0.4) is 0 Å². The van der Waals surface area contributed by atoms with E-state index in [0.29, 0.717) is 11.9 Å². The van der Waals surface area contributed by atoms with E-state index in [-0.39, 0.29) is 0 Å². The van der Waals surface area contributed by atoms with Crippen LogP contribution < -0.4 is 5.73 Å². The summed E-state index contributed by atoms with van der Waals surface area (Å²) in [4.78, 5) is 13.6. The van der Waals surface area contributed by atoms with E-state index in [0.717, 1.165) is 37.5 Å². The SMILES string of the molecule is CC1(c2nc(N)nc(C3CCCCCC3)n2)CCCCO1. The maximum absolute atomic E-state index is 5.97. The lowest BCUT2D eigenvalue weighted by atomic mass is 9.94. The average Bonchev–Trinajstić information content (AvgIpc) is 2.76. The molecular weight excluding hydrogens is 264 g/mol. The number of nitrogens with two attached hydrogens (primary N) is 1. The van der Waals surface area contributed by atoms with Crippen LogP contribution in [-0.2, 0) is 10.3 Å². The first kappa shape index (κ1) is 14.7. The monoisotopic (exact) mass is 290 g/mol. The molecule has 0 aromatic carbocycles. The van der Waals surface area contributed by atoms with E-state index in [1.54, 1.807) is 0 Å². The minimum Gasteiger partial charge on any atom is -0.368 e. The topological polar surface area (TPSA) is 73.9 Å². The van der Waals surface area contributed by atoms with Crippen molar-refractivity contribution in [1.82, 2.24) is 15.0 Å². The van der Waals surface area contributed by atoms with E-state index in [4.69, 9.17) is 15.5 Å². The van der Waals surface area contributed by atoms with E-state index in [2.05, 4.69) is 16.9 Å². The third kappa shape index (κ3) is 3.34. The van der Waals surface area contributed by atoms with Crippen molar-refractivity contribution in [3.05, 3.63) is 11.6 Å². The van der Waals surface area contributed by atoms with Gasteiger partial charge in [0, 0.05) is 12.5 Å². The smallest absolute Gasteiger partial charge is 0.223 e. The maximum Gasteiger partial charge on any atom is 0.223 e. The second-order valence-corrected chi connectivity index (χ2v) is 6.60. The van der Waals surface area contributed by atoms with Crippen molar-refractivity contribution in [1.29, 1.82) is 0 Å². The third-order valence-corrected chi connectivity index (χ3v) is 4.83. The highest BCUT2D eigenvalue weighted by molar-refractivity contribution is 5.20. The molecule has 21 heavy (non-hydrogen) atoms. The van der Waals surface area contributed by atoms with Gasteiger partial charge in [-0.2, -0.15) is 9.97 Å². The number of rotatable bonds is 2. The maximum atomic E-state index is 5.97. The largest absolute Gasteiger partial charge is 0.368 e. The lowest BCUT2D eigenvalue weighted by Crippen LogP contribution is -2.33. The van der Waals surface area contributed by atoms with Gasteiger partial charge in [-0.05, 0) is 39.0 Å². The van der Waals surface area contributed by atoms with Crippen LogP contribution in [0.15, 0.2) is 0 Å². The van der Waals surface area contributed by atoms with Crippen LogP contribution in [0.4, 0.5) is 5.95 Å². The second kappa shape index (κ2) is 6.26. The van der Waals surface area contributed by atoms with Crippen LogP contribution in [0.2, 0.25) is 0 Å². The summed E-state index contributed by atoms with van der Waals surface area (Å²) in [7, 11) is 0. The Labute approximate surface area is 126 Å². The van der Waals surface area contributed by atoms with Gasteiger partial charge < -0.3 is 10.5 Å². The fourth-order valence-corrected chi connectivity index (χ4v) is 3.48. The Hall–Kier alpha value is -1.23. The summed E-state index contributed by atoms with van der Waals surface area (Å²) in [5, 5.41) is 0. The average molecular weight is 290 g/mol. The lowest BCUT2D eigenvalue weighted by molar-refractivity contribution is -0.0762. The van der Waals surface area contributed by atoms with Crippen molar-refractivity contribution < 1.29 is 4.74 Å². The van der Waals surface area contributed by atoms with Gasteiger partial charge in [-0.1, -0.05) is 25.7 Å². The normalized spacial score (nSPS) is 28.2. The Morgan fingerprint density at radius 3 is 2.43 bits per heavy atom. The Bertz CT molecular complexity index is 477. The first-order chi connectivity index (χ1) is 10.2. The zero-order chi connectivity index (χ0) is 14.7. The number of hydrogen-bond donors (Lipinski definition) is 1. The number of hydrogen-bond acceptors (Lipinski definition) is 5. The first-order valence-corrected chi connectivity index (χ1v) is 8.33. The molecule has 5 heteroatoms. The predicted molar refractivity (Wildman–Crippen MR) is 81.8 cm³/mol. The summed E-state index contributed by atoms with van der Waals surface area (Å²) in [6.45, 7) is 2.86. The number of anilines is 1. The fraction of sp³-hybridized carbons (Fsp3) is 0.812. The van der Waals surface area contributed by atoms with Gasteiger partial charge in [-0.15, -0.1) is 0 Å². The lowest BCUT2D eigenvalue weighted by Gasteiger charge is -2.32. The molecule has 5 nitrogen and oxygen atoms in total. The molecule has 1 unspecified atom stereocenters. The fourth-order valence-electron chi connectivity index (χ4n) is 3.48. The van der Waals surface area contributed by atoms with E-state index in [1.165, 1.54) is 38.5 Å². The van der Waals surface area contributed by atoms with E-state index in [1.807, 2.05) is 0 Å². The van der Waals surface area contributed by atoms with E-state index in [9.17, 15) is 0 Å². The number of aromatic nitrogens is 3. The molecule has 1 saturated carbocycles. The van der Waals surface area contributed by atoms with Crippen LogP contribution in [0.5, 0.6) is 0 Å². The molecule has 1 atom stereocenters. The molecular formula is C16H26N4O. The summed E-state index contributed by atoms with van der Waals surface area (Å²) in [5.41, 5.74) is 5.56. The molecule has 2 aliphatic rings. The zero-order valence-corrected chi connectivity index (χ0v) is 13.0. The zero-order valence-electron chi connectivity index (χ0n) is 13.0. The molecule has 116 valence electrons. The summed E-state index contributed by atoms with van der Waals surface area (Å²) in [5.74, 6) is 2.39. The molecule has 2 N–H and O–H groups in total. The van der Waals surface area contributed by atoms with Gasteiger partial charge in [-0.3, -0.25) is 0 Å². The van der Waals surface area contributed by atoms with Crippen LogP contribution in [0, 0.1) is 0 Å². The standard InChI is InChI=1S/C16H26N4O/c1-16(10-6-7-11-21-16)14-18-13(19-15(17)20-14)12-8-4-2-3-5-9-12/h12H,2-11H2,1H3,(H2,17,18,19,20). The Morgan fingerprint density at radius 2 is 1.76 bits per heavy atom. The van der Waals surface area contributed by atoms with Crippen molar-refractivity contribution >= 4 is 5.95 Å². The quantitative estimate of drug-likeness (QED) is 0.846. The molecule has 1 aliphatic carbocycles. The molecule has 2 fully saturated rings. The van der Waals surface area contributed by atoms with Gasteiger partial charge in [0.25, 0.3) is 0 Å². The molecule has 0 spiro atoms. The Kier molecular flexibility index (Phi) is 4.38.